The molecule has 16 nitrogen and oxygen atoms in total. The Hall–Kier alpha value is -8.52. The van der Waals surface area contributed by atoms with Crippen LogP contribution in [0.1, 0.15) is 45.2 Å². The SMILES string of the molecule is C#CC#CC#CC#CC#CC#CC#CC#CC#CC#CC#CC.COc1ccc(Cn2c(=O)n3ncnc3c3c4c(sc32)N(CC2CCOC2)CCC4)cc1.N=N/N=N/N(OO)OS.[HH].[HH].[HH].[HH].[HH].[HH].[HH].[HH].[HH].[HH]. The van der Waals surface area contributed by atoms with Crippen molar-refractivity contribution in [2.24, 2.45) is 21.6 Å². The lowest BCUT2D eigenvalue weighted by Crippen LogP contribution is -2.33. The smallest absolute Gasteiger partial charge is 0.352 e. The molecule has 1 fully saturated rings. The van der Waals surface area contributed by atoms with Gasteiger partial charge in [0.1, 0.15) is 16.9 Å². The molecule has 0 aliphatic carbocycles. The molecule has 64 heavy (non-hydrogen) atoms. The zero-order chi connectivity index (χ0) is 45.6. The van der Waals surface area contributed by atoms with Crippen molar-refractivity contribution in [2.75, 3.05) is 38.3 Å². The van der Waals surface area contributed by atoms with Crippen molar-refractivity contribution in [3.8, 4) is 137 Å². The molecule has 4 aromatic rings. The van der Waals surface area contributed by atoms with E-state index in [1.165, 1.54) is 21.4 Å². The predicted molar refractivity (Wildman–Crippen MR) is 263 cm³/mol. The molecule has 5 heterocycles. The van der Waals surface area contributed by atoms with Crippen LogP contribution in [-0.2, 0) is 27.0 Å². The molecule has 3 aromatic heterocycles. The number of hydrogen-bond acceptors (Lipinski definition) is 13. The van der Waals surface area contributed by atoms with E-state index in [9.17, 15) is 4.79 Å². The van der Waals surface area contributed by atoms with Gasteiger partial charge in [-0.3, -0.25) is 4.57 Å². The Morgan fingerprint density at radius 1 is 0.984 bits per heavy atom. The number of nitrogens with one attached hydrogen (secondary N) is 1. The van der Waals surface area contributed by atoms with Gasteiger partial charge in [-0.05, 0) is 155 Å². The number of nitrogens with zero attached hydrogens (tertiary/aromatic N) is 9. The van der Waals surface area contributed by atoms with Gasteiger partial charge in [0, 0.05) is 87.0 Å². The highest BCUT2D eigenvalue weighted by atomic mass is 32.1. The van der Waals surface area contributed by atoms with E-state index in [0.29, 0.717) is 18.1 Å². The van der Waals surface area contributed by atoms with Crippen LogP contribution in [0.3, 0.4) is 0 Å². The molecule has 1 unspecified atom stereocenters. The summed E-state index contributed by atoms with van der Waals surface area (Å²) in [7, 11) is 1.65. The minimum absolute atomic E-state index is 0. The Labute approximate surface area is 393 Å². The number of thiophene rings is 1. The third-order valence-electron chi connectivity index (χ3n) is 8.16. The Morgan fingerprint density at radius 3 is 2.11 bits per heavy atom. The monoisotopic (exact) mass is 904 g/mol. The highest BCUT2D eigenvalue weighted by Crippen LogP contribution is 2.43. The van der Waals surface area contributed by atoms with Crippen molar-refractivity contribution >= 4 is 45.1 Å². The molecular weight excluding hydrogens is 853 g/mol. The maximum Gasteiger partial charge on any atom is 0.352 e. The summed E-state index contributed by atoms with van der Waals surface area (Å²) >= 11 is 4.87. The van der Waals surface area contributed by atoms with Crippen LogP contribution in [0.4, 0.5) is 5.00 Å². The van der Waals surface area contributed by atoms with Crippen LogP contribution in [0.15, 0.2) is 51.1 Å². The first-order valence-corrected chi connectivity index (χ1v) is 19.6. The fourth-order valence-corrected chi connectivity index (χ4v) is 7.08. The molecule has 1 aromatic carbocycles. The van der Waals surface area contributed by atoms with Crippen LogP contribution >= 0.6 is 24.2 Å². The minimum Gasteiger partial charge on any atom is -0.497 e. The van der Waals surface area contributed by atoms with E-state index < -0.39 is 0 Å². The first-order chi connectivity index (χ1) is 31.5. The molecule has 0 spiro atoms. The van der Waals surface area contributed by atoms with Crippen molar-refractivity contribution in [1.82, 2.24) is 24.5 Å². The number of methoxy groups -OCH3 is 1. The molecule has 0 saturated carbocycles. The van der Waals surface area contributed by atoms with E-state index in [1.54, 1.807) is 25.4 Å². The molecular formula is C46H52N10O6S2. The standard InChI is InChI=1S/C23H25N5O3S.C23H4.H3N5O3S.10H2/c1-30-17-6-4-15(5-7-17)12-27-22-19(20-24-14-25-28(20)23(27)29)18-3-2-9-26(21(18)32-22)11-16-8-10-31-13-16;1-3-5-7-9-11-13-15-17-19-21-23-22-20-18-16-14-12-10-8-6-4-2;1-2-3-4-5(7-6)8-9;;;;;;;;;;/h4-7,14,16H,2-3,8-13H2,1H3;1H,2H3;1,6,9H;10*1H/b;;2-1?,4-3+;;;;;;;;;;. The minimum atomic E-state index is -0.157. The molecule has 1 atom stereocenters. The molecule has 334 valence electrons. The molecule has 2 aliphatic rings. The van der Waals surface area contributed by atoms with Crippen LogP contribution in [0, 0.1) is 142 Å². The number of aryl methyl sites for hydroxylation is 1. The number of fused-ring (bicyclic) bond motifs is 5. The molecule has 6 rings (SSSR count). The quantitative estimate of drug-likeness (QED) is 0.0402. The van der Waals surface area contributed by atoms with Crippen LogP contribution in [-0.4, -0.2) is 63.2 Å². The van der Waals surface area contributed by atoms with Gasteiger partial charge in [-0.1, -0.05) is 34.4 Å². The van der Waals surface area contributed by atoms with Crippen LogP contribution < -0.4 is 15.3 Å². The Balaban J connectivity index is -0.000000192. The molecule has 2 aliphatic heterocycles. The second-order valence-corrected chi connectivity index (χ2v) is 13.1. The number of thiol groups is 1. The van der Waals surface area contributed by atoms with Crippen molar-refractivity contribution in [1.29, 1.82) is 5.53 Å². The second-order valence-electron chi connectivity index (χ2n) is 12.0. The highest BCUT2D eigenvalue weighted by molar-refractivity contribution is 7.75. The van der Waals surface area contributed by atoms with E-state index in [0.717, 1.165) is 67.1 Å². The van der Waals surface area contributed by atoms with Gasteiger partial charge in [-0.25, -0.2) is 15.0 Å². The lowest BCUT2D eigenvalue weighted by molar-refractivity contribution is -0.478. The van der Waals surface area contributed by atoms with Gasteiger partial charge in [-0.15, -0.1) is 6.42 Å². The molecule has 2 N–H and O–H groups in total. The number of ether oxygens (including phenoxy) is 2. The summed E-state index contributed by atoms with van der Waals surface area (Å²) in [4.78, 5) is 24.7. The summed E-state index contributed by atoms with van der Waals surface area (Å²) in [6, 6.07) is 7.86. The van der Waals surface area contributed by atoms with Crippen molar-refractivity contribution in [2.45, 2.75) is 32.7 Å². The lowest BCUT2D eigenvalue weighted by atomic mass is 10.0. The average Bonchev–Trinajstić information content (AvgIpc) is 4.11. The topological polar surface area (TPSA) is 177 Å². The molecule has 0 amide bonds. The fraction of sp³-hybridized carbons (Fsp3) is 0.239. The zero-order valence-electron chi connectivity index (χ0n) is 34.1. The third-order valence-corrected chi connectivity index (χ3v) is 9.62. The van der Waals surface area contributed by atoms with E-state index in [2.05, 4.69) is 177 Å². The number of rotatable bonds is 9. The van der Waals surface area contributed by atoms with Gasteiger partial charge in [0.25, 0.3) is 0 Å². The van der Waals surface area contributed by atoms with Gasteiger partial charge < -0.3 is 14.4 Å². The highest BCUT2D eigenvalue weighted by Gasteiger charge is 2.29. The van der Waals surface area contributed by atoms with Gasteiger partial charge in [0.15, 0.2) is 5.65 Å². The predicted octanol–water partition coefficient (Wildman–Crippen LogP) is 6.87. The normalized spacial score (nSPS) is 12.0. The number of hydrogen-bond donors (Lipinski definition) is 3. The van der Waals surface area contributed by atoms with E-state index >= 15 is 0 Å². The van der Waals surface area contributed by atoms with Crippen LogP contribution in [0.25, 0.3) is 15.9 Å². The number of anilines is 1. The lowest BCUT2D eigenvalue weighted by Gasteiger charge is -2.30. The molecule has 0 radical (unpaired) electrons. The van der Waals surface area contributed by atoms with Crippen LogP contribution in [0.2, 0.25) is 0 Å². The summed E-state index contributed by atoms with van der Waals surface area (Å²) in [5, 5.41) is 22.4. The first-order valence-electron chi connectivity index (χ1n) is 18.4. The van der Waals surface area contributed by atoms with Gasteiger partial charge >= 0.3 is 5.69 Å². The summed E-state index contributed by atoms with van der Waals surface area (Å²) in [5.74, 6) is 53.3. The maximum absolute atomic E-state index is 13.4. The molecule has 1 saturated heterocycles. The van der Waals surface area contributed by atoms with E-state index in [4.69, 9.17) is 26.7 Å². The third kappa shape index (κ3) is 15.2. The van der Waals surface area contributed by atoms with Crippen molar-refractivity contribution in [3.05, 3.63) is 52.2 Å². The van der Waals surface area contributed by atoms with Crippen molar-refractivity contribution in [3.63, 3.8) is 0 Å². The van der Waals surface area contributed by atoms with Gasteiger partial charge in [0.05, 0.1) is 30.6 Å². The second kappa shape index (κ2) is 28.1. The van der Waals surface area contributed by atoms with Crippen molar-refractivity contribution < 1.29 is 38.3 Å². The number of benzene rings is 1. The maximum atomic E-state index is 13.4. The Morgan fingerprint density at radius 2 is 1.59 bits per heavy atom. The average molecular weight is 905 g/mol. The van der Waals surface area contributed by atoms with Gasteiger partial charge in [-0.2, -0.15) is 19.4 Å². The van der Waals surface area contributed by atoms with E-state index in [1.807, 2.05) is 28.8 Å². The van der Waals surface area contributed by atoms with Crippen LogP contribution in [0.5, 0.6) is 5.75 Å². The largest absolute Gasteiger partial charge is 0.497 e. The zero-order valence-corrected chi connectivity index (χ0v) is 35.8. The van der Waals surface area contributed by atoms with Gasteiger partial charge in [0.2, 0.25) is 0 Å². The molecule has 18 heteroatoms. The fourth-order valence-electron chi connectivity index (χ4n) is 5.65. The summed E-state index contributed by atoms with van der Waals surface area (Å²) in [5.41, 5.74) is 8.92. The summed E-state index contributed by atoms with van der Waals surface area (Å²) in [6.07, 6.45) is 9.60. The Kier molecular flexibility index (Phi) is 21.1. The van der Waals surface area contributed by atoms with E-state index in [-0.39, 0.29) is 25.3 Å². The number of aromatic nitrogens is 4. The molecule has 0 bridgehead atoms. The Bertz CT molecular complexity index is 3150. The summed E-state index contributed by atoms with van der Waals surface area (Å²) in [6.45, 7) is 5.92. The summed E-state index contributed by atoms with van der Waals surface area (Å²) < 4.78 is 18.0. The first kappa shape index (κ1) is 48.1. The number of terminal acetylenes is 1.